The highest BCUT2D eigenvalue weighted by Gasteiger charge is 2.22. The summed E-state index contributed by atoms with van der Waals surface area (Å²) in [4.78, 5) is 13.0. The summed E-state index contributed by atoms with van der Waals surface area (Å²) in [6.07, 6.45) is 0.835. The first kappa shape index (κ1) is 24.5. The molecule has 7 heteroatoms. The summed E-state index contributed by atoms with van der Waals surface area (Å²) in [5.74, 6) is 1.53. The molecule has 0 fully saturated rings. The summed E-state index contributed by atoms with van der Waals surface area (Å²) in [6, 6.07) is 28.0. The minimum atomic E-state index is -0.329. The third-order valence-electron chi connectivity index (χ3n) is 5.84. The molecule has 0 bridgehead atoms. The molecule has 0 aliphatic heterocycles. The molecule has 0 saturated heterocycles. The summed E-state index contributed by atoms with van der Waals surface area (Å²) >= 11 is 1.43. The minimum absolute atomic E-state index is 0.0324. The highest BCUT2D eigenvalue weighted by atomic mass is 32.2. The van der Waals surface area contributed by atoms with E-state index in [-0.39, 0.29) is 17.2 Å². The predicted octanol–water partition coefficient (Wildman–Crippen LogP) is 5.55. The van der Waals surface area contributed by atoms with Crippen LogP contribution in [0.15, 0.2) is 90.1 Å². The van der Waals surface area contributed by atoms with Gasteiger partial charge in [0.2, 0.25) is 5.91 Å². The molecule has 0 radical (unpaired) electrons. The molecule has 6 nitrogen and oxygen atoms in total. The lowest BCUT2D eigenvalue weighted by Gasteiger charge is -2.18. The molecule has 1 heterocycles. The zero-order valence-corrected chi connectivity index (χ0v) is 21.0. The lowest BCUT2D eigenvalue weighted by molar-refractivity contribution is -0.120. The second-order valence-corrected chi connectivity index (χ2v) is 9.63. The van der Waals surface area contributed by atoms with Gasteiger partial charge in [0.25, 0.3) is 0 Å². The van der Waals surface area contributed by atoms with E-state index in [0.717, 1.165) is 34.3 Å². The third-order valence-corrected chi connectivity index (χ3v) is 6.92. The standard InChI is InChI=1S/C28H30N4O2S/c1-20(23-12-8-5-9-13-23)29-27(33)21(2)35-28-31-30-26(24-14-16-25(34-3)17-15-24)32(28)19-18-22-10-6-4-7-11-22/h4-17,20-21H,18-19H2,1-3H3,(H,29,33). The Kier molecular flexibility index (Phi) is 8.21. The average molecular weight is 487 g/mol. The Morgan fingerprint density at radius 3 is 2.26 bits per heavy atom. The Balaban J connectivity index is 1.53. The van der Waals surface area contributed by atoms with Crippen LogP contribution in [0.2, 0.25) is 0 Å². The molecule has 4 aromatic rings. The van der Waals surface area contributed by atoms with E-state index in [4.69, 9.17) is 4.74 Å². The van der Waals surface area contributed by atoms with Gasteiger partial charge in [-0.2, -0.15) is 0 Å². The van der Waals surface area contributed by atoms with Gasteiger partial charge in [-0.3, -0.25) is 4.79 Å². The molecule has 35 heavy (non-hydrogen) atoms. The maximum absolute atomic E-state index is 13.0. The first-order valence-corrected chi connectivity index (χ1v) is 12.6. The SMILES string of the molecule is COc1ccc(-c2nnc(SC(C)C(=O)NC(C)c3ccccc3)n2CCc2ccccc2)cc1. The van der Waals surface area contributed by atoms with Crippen molar-refractivity contribution in [2.75, 3.05) is 7.11 Å². The van der Waals surface area contributed by atoms with Crippen LogP contribution < -0.4 is 10.1 Å². The summed E-state index contributed by atoms with van der Waals surface area (Å²) < 4.78 is 7.40. The zero-order chi connectivity index (χ0) is 24.6. The van der Waals surface area contributed by atoms with Gasteiger partial charge in [0.05, 0.1) is 18.4 Å². The monoisotopic (exact) mass is 486 g/mol. The number of nitrogens with one attached hydrogen (secondary N) is 1. The summed E-state index contributed by atoms with van der Waals surface area (Å²) in [5, 5.41) is 12.5. The van der Waals surface area contributed by atoms with Crippen LogP contribution in [-0.4, -0.2) is 33.0 Å². The molecular formula is C28H30N4O2S. The Labute approximate surface area is 210 Å². The number of aryl methyl sites for hydroxylation is 1. The molecule has 180 valence electrons. The summed E-state index contributed by atoms with van der Waals surface area (Å²) in [5.41, 5.74) is 3.26. The predicted molar refractivity (Wildman–Crippen MR) is 140 cm³/mol. The van der Waals surface area contributed by atoms with Gasteiger partial charge in [0, 0.05) is 12.1 Å². The lowest BCUT2D eigenvalue weighted by Crippen LogP contribution is -2.33. The lowest BCUT2D eigenvalue weighted by atomic mass is 10.1. The van der Waals surface area contributed by atoms with Gasteiger partial charge < -0.3 is 14.6 Å². The normalized spacial score (nSPS) is 12.7. The van der Waals surface area contributed by atoms with E-state index in [2.05, 4.69) is 32.2 Å². The fraction of sp³-hybridized carbons (Fsp3) is 0.250. The zero-order valence-electron chi connectivity index (χ0n) is 20.2. The second-order valence-electron chi connectivity index (χ2n) is 8.32. The minimum Gasteiger partial charge on any atom is -0.497 e. The maximum Gasteiger partial charge on any atom is 0.233 e. The number of benzene rings is 3. The number of carbonyl (C=O) groups is 1. The van der Waals surface area contributed by atoms with Crippen molar-refractivity contribution in [2.24, 2.45) is 0 Å². The van der Waals surface area contributed by atoms with E-state index in [1.807, 2.05) is 86.6 Å². The molecule has 2 unspecified atom stereocenters. The van der Waals surface area contributed by atoms with Gasteiger partial charge in [-0.1, -0.05) is 72.4 Å². The highest BCUT2D eigenvalue weighted by molar-refractivity contribution is 8.00. The van der Waals surface area contributed by atoms with Crippen LogP contribution in [0.1, 0.15) is 31.0 Å². The van der Waals surface area contributed by atoms with Crippen LogP contribution in [0, 0.1) is 0 Å². The number of carbonyl (C=O) groups excluding carboxylic acids is 1. The first-order valence-electron chi connectivity index (χ1n) is 11.7. The average Bonchev–Trinajstić information content (AvgIpc) is 3.30. The van der Waals surface area contributed by atoms with Crippen molar-refractivity contribution >= 4 is 17.7 Å². The number of aromatic nitrogens is 3. The smallest absolute Gasteiger partial charge is 0.233 e. The summed E-state index contributed by atoms with van der Waals surface area (Å²) in [7, 11) is 1.65. The van der Waals surface area contributed by atoms with Crippen molar-refractivity contribution in [3.8, 4) is 17.1 Å². The molecule has 4 rings (SSSR count). The highest BCUT2D eigenvalue weighted by Crippen LogP contribution is 2.29. The van der Waals surface area contributed by atoms with Crippen molar-refractivity contribution in [1.29, 1.82) is 0 Å². The quantitative estimate of drug-likeness (QED) is 0.298. The van der Waals surface area contributed by atoms with Gasteiger partial charge in [-0.25, -0.2) is 0 Å². The van der Waals surface area contributed by atoms with Crippen LogP contribution in [0.4, 0.5) is 0 Å². The number of hydrogen-bond acceptors (Lipinski definition) is 5. The number of ether oxygens (including phenoxy) is 1. The first-order chi connectivity index (χ1) is 17.0. The number of hydrogen-bond donors (Lipinski definition) is 1. The van der Waals surface area contributed by atoms with Gasteiger partial charge in [0.1, 0.15) is 5.75 Å². The van der Waals surface area contributed by atoms with Crippen molar-refractivity contribution < 1.29 is 9.53 Å². The molecule has 1 N–H and O–H groups in total. The largest absolute Gasteiger partial charge is 0.497 e. The molecule has 0 saturated carbocycles. The van der Waals surface area contributed by atoms with Crippen molar-refractivity contribution in [3.05, 3.63) is 96.1 Å². The molecule has 0 aliphatic rings. The van der Waals surface area contributed by atoms with E-state index in [1.165, 1.54) is 17.3 Å². The molecule has 1 aromatic heterocycles. The Morgan fingerprint density at radius 2 is 1.60 bits per heavy atom. The van der Waals surface area contributed by atoms with Gasteiger partial charge in [-0.15, -0.1) is 10.2 Å². The van der Waals surface area contributed by atoms with Crippen LogP contribution in [-0.2, 0) is 17.8 Å². The molecule has 0 spiro atoms. The molecule has 3 aromatic carbocycles. The van der Waals surface area contributed by atoms with E-state index in [0.29, 0.717) is 6.54 Å². The fourth-order valence-corrected chi connectivity index (χ4v) is 4.67. The van der Waals surface area contributed by atoms with Crippen molar-refractivity contribution in [1.82, 2.24) is 20.1 Å². The maximum atomic E-state index is 13.0. The summed E-state index contributed by atoms with van der Waals surface area (Å²) in [6.45, 7) is 4.60. The number of thioether (sulfide) groups is 1. The number of nitrogens with zero attached hydrogens (tertiary/aromatic N) is 3. The Hall–Kier alpha value is -3.58. The van der Waals surface area contributed by atoms with Crippen LogP contribution in [0.3, 0.4) is 0 Å². The molecule has 0 aliphatic carbocycles. The number of methoxy groups -OCH3 is 1. The fourth-order valence-electron chi connectivity index (χ4n) is 3.78. The third kappa shape index (κ3) is 6.31. The van der Waals surface area contributed by atoms with Crippen molar-refractivity contribution in [3.63, 3.8) is 0 Å². The van der Waals surface area contributed by atoms with Crippen LogP contribution >= 0.6 is 11.8 Å². The van der Waals surface area contributed by atoms with E-state index in [1.54, 1.807) is 7.11 Å². The van der Waals surface area contributed by atoms with Crippen LogP contribution in [0.25, 0.3) is 11.4 Å². The van der Waals surface area contributed by atoms with Gasteiger partial charge in [-0.05, 0) is 55.7 Å². The van der Waals surface area contributed by atoms with Gasteiger partial charge in [0.15, 0.2) is 11.0 Å². The van der Waals surface area contributed by atoms with Crippen LogP contribution in [0.5, 0.6) is 5.75 Å². The topological polar surface area (TPSA) is 69.0 Å². The Bertz CT molecular complexity index is 1230. The molecular weight excluding hydrogens is 456 g/mol. The van der Waals surface area contributed by atoms with Gasteiger partial charge >= 0.3 is 0 Å². The number of rotatable bonds is 10. The molecule has 1 amide bonds. The second kappa shape index (κ2) is 11.7. The van der Waals surface area contributed by atoms with Crippen molar-refractivity contribution in [2.45, 2.75) is 43.3 Å². The van der Waals surface area contributed by atoms with E-state index < -0.39 is 0 Å². The number of amides is 1. The molecule has 2 atom stereocenters. The van der Waals surface area contributed by atoms with E-state index >= 15 is 0 Å². The van der Waals surface area contributed by atoms with E-state index in [9.17, 15) is 4.79 Å². The Morgan fingerprint density at radius 1 is 0.943 bits per heavy atom.